The molecule has 64 heavy (non-hydrogen) atoms. The van der Waals surface area contributed by atoms with Crippen LogP contribution in [0.4, 0.5) is 9.59 Å². The second kappa shape index (κ2) is 22.4. The Bertz CT molecular complexity index is 3280. The molecule has 24 nitrogen and oxygen atoms in total. The Hall–Kier alpha value is -2.08. The van der Waals surface area contributed by atoms with E-state index in [1.807, 2.05) is 0 Å². The molecule has 0 aliphatic heterocycles. The van der Waals surface area contributed by atoms with Crippen molar-refractivity contribution in [2.24, 2.45) is 0 Å². The van der Waals surface area contributed by atoms with Crippen LogP contribution in [0.15, 0.2) is 80.2 Å². The molecule has 314 valence electrons. The number of nitrogens with zero attached hydrogens (tertiary/aromatic N) is 6. The maximum Gasteiger partial charge on any atom is 1.00 e. The molecule has 0 unspecified atom stereocenters. The van der Waals surface area contributed by atoms with Gasteiger partial charge in [0.1, 0.15) is 63.8 Å². The largest absolute Gasteiger partial charge is 1.00 e. The normalized spacial score (nSPS) is 11.6. The van der Waals surface area contributed by atoms with Crippen LogP contribution < -0.4 is 133 Å². The molecule has 0 saturated carbocycles. The Labute approximate surface area is 453 Å². The molecular formula is C32H20N6Na4O18S4. The number of carbonyl (C=O) groups is 2. The number of fused-ring (bicyclic) bond motifs is 6. The van der Waals surface area contributed by atoms with E-state index in [9.17, 15) is 53.8 Å². The summed E-state index contributed by atoms with van der Waals surface area (Å²) in [6.45, 7) is 2.63. The van der Waals surface area contributed by atoms with Gasteiger partial charge in [0.25, 0.3) is 0 Å². The van der Waals surface area contributed by atoms with Gasteiger partial charge in [-0.2, -0.15) is 4.33 Å². The minimum absolute atomic E-state index is 0. The van der Waals surface area contributed by atoms with E-state index in [1.165, 1.54) is 32.0 Å². The van der Waals surface area contributed by atoms with Crippen molar-refractivity contribution in [1.29, 1.82) is 0 Å². The maximum absolute atomic E-state index is 12.8. The number of hydrogen-bond donors (Lipinski definition) is 0. The van der Waals surface area contributed by atoms with Gasteiger partial charge in [-0.1, -0.05) is 12.1 Å². The number of benzene rings is 5. The second-order valence-corrected chi connectivity index (χ2v) is 16.7. The van der Waals surface area contributed by atoms with E-state index in [-0.39, 0.29) is 191 Å². The van der Waals surface area contributed by atoms with Gasteiger partial charge in [0.05, 0.1) is 39.9 Å². The minimum Gasteiger partial charge on any atom is -0.744 e. The summed E-state index contributed by atoms with van der Waals surface area (Å²) in [4.78, 5) is 24.4. The van der Waals surface area contributed by atoms with Gasteiger partial charge in [-0.25, -0.2) is 34.8 Å². The molecule has 2 heterocycles. The summed E-state index contributed by atoms with van der Waals surface area (Å²) in [5, 5.41) is 31.0. The van der Waals surface area contributed by atoms with Gasteiger partial charge in [0, 0.05) is 38.6 Å². The number of rotatable bonds is 12. The first-order chi connectivity index (χ1) is 28.3. The maximum atomic E-state index is 12.8. The molecule has 7 aromatic rings. The fraction of sp³-hybridized carbons (Fsp3) is 0.125. The first kappa shape index (κ1) is 56.2. The van der Waals surface area contributed by atoms with Crippen molar-refractivity contribution >= 4 is 98.3 Å². The predicted molar refractivity (Wildman–Crippen MR) is 194 cm³/mol. The number of ether oxygens (including phenoxy) is 4. The molecule has 0 aliphatic rings. The molecular weight excluding hydrogens is 977 g/mol. The molecule has 0 spiro atoms. The van der Waals surface area contributed by atoms with Gasteiger partial charge in [0.2, 0.25) is 0 Å². The fourth-order valence-electron chi connectivity index (χ4n) is 5.83. The number of hydrogen-bond acceptors (Lipinski definition) is 23. The van der Waals surface area contributed by atoms with E-state index < -0.39 is 68.9 Å². The summed E-state index contributed by atoms with van der Waals surface area (Å²) in [6.07, 6.45) is -2.53. The van der Waals surface area contributed by atoms with Crippen LogP contribution in [0, 0.1) is 0 Å². The smallest absolute Gasteiger partial charge is 0.744 e. The molecule has 5 aromatic carbocycles. The van der Waals surface area contributed by atoms with Crippen LogP contribution in [0.25, 0.3) is 55.0 Å². The molecule has 0 saturated heterocycles. The third-order valence-electron chi connectivity index (χ3n) is 8.22. The van der Waals surface area contributed by atoms with Crippen molar-refractivity contribution in [3.63, 3.8) is 0 Å². The van der Waals surface area contributed by atoms with Gasteiger partial charge in [-0.05, 0) is 50.2 Å². The molecule has 0 amide bonds. The van der Waals surface area contributed by atoms with E-state index in [0.717, 1.165) is 46.0 Å². The van der Waals surface area contributed by atoms with E-state index in [1.54, 1.807) is 0 Å². The zero-order chi connectivity index (χ0) is 43.3. The van der Waals surface area contributed by atoms with E-state index in [2.05, 4.69) is 29.8 Å². The standard InChI is InChI=1S/C32H24N6O18S4.4Na/c1-3-51-31(39)53-25-14-24(38-34-22-8-6-18-20(30(22)36-38)10-16(59(45,46)47)12-28(18)60(48,49)50)26(54-32(40)52-4-2)13-23(25)37-33-21-7-5-17-19(29(21)35-37)9-15(58(42,43)44)11-27(17)57-56-55-41;;;;/h5-14,41H,3-4H2,1-2H3,(H,42,43,44)(H,45,46,47)(H,48,49,50);;;;/q;4*+1/p-4. The summed E-state index contributed by atoms with van der Waals surface area (Å²) < 4.78 is 134. The van der Waals surface area contributed by atoms with Gasteiger partial charge in [-0.3, -0.25) is 5.04 Å². The van der Waals surface area contributed by atoms with Crippen molar-refractivity contribution in [2.75, 3.05) is 13.2 Å². The van der Waals surface area contributed by atoms with E-state index in [4.69, 9.17) is 18.9 Å². The molecule has 0 bridgehead atoms. The van der Waals surface area contributed by atoms with E-state index >= 15 is 0 Å². The number of carbonyl (C=O) groups excluding carboxylic acids is 2. The fourth-order valence-corrected chi connectivity index (χ4v) is 8.29. The van der Waals surface area contributed by atoms with Crippen LogP contribution >= 0.6 is 12.0 Å². The van der Waals surface area contributed by atoms with Crippen molar-refractivity contribution in [3.8, 4) is 22.9 Å². The first-order valence-electron chi connectivity index (χ1n) is 16.4. The molecule has 0 N–H and O–H groups in total. The first-order valence-corrected chi connectivity index (χ1v) is 21.3. The van der Waals surface area contributed by atoms with Crippen LogP contribution in [0.5, 0.6) is 11.5 Å². The van der Waals surface area contributed by atoms with Gasteiger partial charge < -0.3 is 37.9 Å². The zero-order valence-electron chi connectivity index (χ0n) is 33.9. The van der Waals surface area contributed by atoms with Crippen LogP contribution in [-0.2, 0) is 49.2 Å². The average Bonchev–Trinajstić information content (AvgIpc) is 3.81. The summed E-state index contributed by atoms with van der Waals surface area (Å²) in [5.74, 6) is -0.885. The van der Waals surface area contributed by atoms with Crippen LogP contribution in [0.2, 0.25) is 0 Å². The van der Waals surface area contributed by atoms with Crippen molar-refractivity contribution in [1.82, 2.24) is 30.0 Å². The Morgan fingerprint density at radius 3 is 1.45 bits per heavy atom. The Kier molecular flexibility index (Phi) is 19.6. The molecule has 0 aliphatic carbocycles. The minimum atomic E-state index is -5.36. The summed E-state index contributed by atoms with van der Waals surface area (Å²) in [5.41, 5.74) is -0.893. The van der Waals surface area contributed by atoms with Crippen LogP contribution in [0.3, 0.4) is 0 Å². The van der Waals surface area contributed by atoms with E-state index in [0.29, 0.717) is 18.1 Å². The topological polar surface area (TPSA) is 346 Å². The third kappa shape index (κ3) is 12.0. The number of aromatic nitrogens is 6. The van der Waals surface area contributed by atoms with Crippen LogP contribution in [-0.4, -0.2) is 94.4 Å². The SMILES string of the molecule is CCOC(=O)Oc1cc(-n2nc3ccc4c(S(=O)(=O)[O-])cc(S(=O)(=O)[O-])cc4c3n2)c(OC(=O)OCC)cc1-n1nc2ccc3c(SOO[O-])cc(S(=O)(=O)[O-])cc3c2n1.[Na+].[Na+].[Na+].[Na+]. The summed E-state index contributed by atoms with van der Waals surface area (Å²) in [7, 11) is -15.8. The predicted octanol–water partition coefficient (Wildman–Crippen LogP) is -9.51. The van der Waals surface area contributed by atoms with Gasteiger partial charge in [0.15, 0.2) is 11.5 Å². The molecule has 0 atom stereocenters. The van der Waals surface area contributed by atoms with Crippen molar-refractivity contribution in [2.45, 2.75) is 33.4 Å². The average molecular weight is 997 g/mol. The van der Waals surface area contributed by atoms with Gasteiger partial charge in [-0.15, -0.1) is 30.0 Å². The third-order valence-corrected chi connectivity index (χ3v) is 11.4. The Balaban J connectivity index is 0.00000272. The molecule has 32 heteroatoms. The second-order valence-electron chi connectivity index (χ2n) is 11.8. The molecule has 0 radical (unpaired) electrons. The molecule has 2 aromatic heterocycles. The van der Waals surface area contributed by atoms with Crippen LogP contribution in [0.1, 0.15) is 13.8 Å². The summed E-state index contributed by atoms with van der Waals surface area (Å²) in [6, 6.07) is 10.5. The Morgan fingerprint density at radius 2 is 1.03 bits per heavy atom. The summed E-state index contributed by atoms with van der Waals surface area (Å²) >= 11 is 0.302. The molecule has 7 rings (SSSR count). The Morgan fingerprint density at radius 1 is 0.594 bits per heavy atom. The quantitative estimate of drug-likeness (QED) is 0.0209. The van der Waals surface area contributed by atoms with Gasteiger partial charge >= 0.3 is 131 Å². The van der Waals surface area contributed by atoms with Crippen molar-refractivity contribution < 1.29 is 200 Å². The van der Waals surface area contributed by atoms with Crippen molar-refractivity contribution in [3.05, 3.63) is 60.7 Å². The zero-order valence-corrected chi connectivity index (χ0v) is 45.1. The molecule has 0 fully saturated rings. The monoisotopic (exact) mass is 996 g/mol.